The first-order valence-electron chi connectivity index (χ1n) is 12.6. The van der Waals surface area contributed by atoms with Crippen LogP contribution in [0.5, 0.6) is 5.75 Å². The van der Waals surface area contributed by atoms with Gasteiger partial charge in [-0.25, -0.2) is 10.4 Å². The van der Waals surface area contributed by atoms with E-state index in [0.717, 1.165) is 11.1 Å². The number of benzene rings is 3. The maximum Gasteiger partial charge on any atom is 0.266 e. The monoisotopic (exact) mass is 519 g/mol. The van der Waals surface area contributed by atoms with Crippen molar-refractivity contribution in [2.75, 3.05) is 26.4 Å². The number of aliphatic hydroxyl groups excluding tert-OH is 3. The number of amides is 1. The van der Waals surface area contributed by atoms with Crippen LogP contribution in [0.2, 0.25) is 0 Å². The number of hydrazine groups is 1. The Balaban J connectivity index is 1.73. The number of ether oxygens (including phenoxy) is 2. The molecule has 0 unspecified atom stereocenters. The quantitative estimate of drug-likeness (QED) is 0.172. The van der Waals surface area contributed by atoms with Crippen LogP contribution in [-0.2, 0) is 16.0 Å². The third kappa shape index (κ3) is 6.38. The molecule has 1 aliphatic heterocycles. The molecule has 0 radical (unpaired) electrons. The summed E-state index contributed by atoms with van der Waals surface area (Å²) < 4.78 is 12.1. The van der Waals surface area contributed by atoms with Crippen LogP contribution in [0, 0.1) is 0 Å². The minimum Gasteiger partial charge on any atom is -0.494 e. The number of carbonyl (C=O) groups excluding carboxylic acids is 1. The molecule has 200 valence electrons. The molecule has 0 fully saturated rings. The zero-order chi connectivity index (χ0) is 26.8. The van der Waals surface area contributed by atoms with E-state index in [2.05, 4.69) is 10.9 Å². The van der Waals surface area contributed by atoms with Crippen LogP contribution in [0.15, 0.2) is 89.9 Å². The Hall–Kier alpha value is -3.76. The Kier molecular flexibility index (Phi) is 9.45. The summed E-state index contributed by atoms with van der Waals surface area (Å²) in [6.45, 7) is -0.259. The molecule has 0 aliphatic carbocycles. The lowest BCUT2D eigenvalue weighted by atomic mass is 9.82. The summed E-state index contributed by atoms with van der Waals surface area (Å²) in [6.07, 6.45) is 0.0350. The standard InChI is InChI=1S/C29H33N3O6/c33-16-7-17-37-25-14-12-23(13-15-25)27-30-29(18-21-8-3-1-4-9-21,28(36)32-31-24(19-34)20-35)26(38-27)22-10-5-2-6-11-22/h1-6,8-15,24,26,31,33-35H,7,16-20H2,(H,32,36)/t26-,29-/m0/s1. The average Bonchev–Trinajstić information content (AvgIpc) is 3.35. The van der Waals surface area contributed by atoms with Gasteiger partial charge in [-0.1, -0.05) is 60.7 Å². The number of nitrogens with one attached hydrogen (secondary N) is 2. The molecule has 1 aliphatic rings. The van der Waals surface area contributed by atoms with Gasteiger partial charge in [0.1, 0.15) is 5.75 Å². The molecule has 5 N–H and O–H groups in total. The van der Waals surface area contributed by atoms with Crippen molar-refractivity contribution in [3.05, 3.63) is 102 Å². The third-order valence-electron chi connectivity index (χ3n) is 6.28. The van der Waals surface area contributed by atoms with Crippen LogP contribution in [-0.4, -0.2) is 65.1 Å². The second-order valence-corrected chi connectivity index (χ2v) is 9.02. The van der Waals surface area contributed by atoms with Gasteiger partial charge in [0, 0.05) is 25.0 Å². The first-order valence-corrected chi connectivity index (χ1v) is 12.6. The smallest absolute Gasteiger partial charge is 0.266 e. The van der Waals surface area contributed by atoms with Crippen LogP contribution in [0.3, 0.4) is 0 Å². The molecule has 0 saturated carbocycles. The van der Waals surface area contributed by atoms with E-state index in [1.54, 1.807) is 12.1 Å². The first kappa shape index (κ1) is 27.3. The highest BCUT2D eigenvalue weighted by atomic mass is 16.5. The van der Waals surface area contributed by atoms with Crippen LogP contribution < -0.4 is 15.6 Å². The fourth-order valence-corrected chi connectivity index (χ4v) is 4.24. The number of hydrogen-bond acceptors (Lipinski definition) is 8. The molecule has 3 aromatic rings. The predicted octanol–water partition coefficient (Wildman–Crippen LogP) is 1.92. The highest BCUT2D eigenvalue weighted by Crippen LogP contribution is 2.42. The van der Waals surface area contributed by atoms with E-state index in [1.165, 1.54) is 0 Å². The summed E-state index contributed by atoms with van der Waals surface area (Å²) in [5, 5.41) is 27.9. The van der Waals surface area contributed by atoms with E-state index < -0.39 is 23.6 Å². The second kappa shape index (κ2) is 13.2. The molecule has 1 heterocycles. The zero-order valence-corrected chi connectivity index (χ0v) is 21.0. The SMILES string of the molecule is O=C(NNC(CO)CO)[C@@]1(Cc2ccccc2)N=C(c2ccc(OCCCO)cc2)O[C@H]1c1ccccc1. The Morgan fingerprint density at radius 1 is 0.947 bits per heavy atom. The Labute approximate surface area is 221 Å². The molecule has 2 atom stereocenters. The van der Waals surface area contributed by atoms with Crippen molar-refractivity contribution in [1.82, 2.24) is 10.9 Å². The number of aliphatic imine (C=N–C) groups is 1. The van der Waals surface area contributed by atoms with Crippen molar-refractivity contribution >= 4 is 11.8 Å². The van der Waals surface area contributed by atoms with Crippen molar-refractivity contribution in [3.8, 4) is 5.75 Å². The minimum absolute atomic E-state index is 0.0569. The number of carbonyl (C=O) groups is 1. The molecule has 4 rings (SSSR count). The van der Waals surface area contributed by atoms with Gasteiger partial charge in [-0.15, -0.1) is 0 Å². The summed E-state index contributed by atoms with van der Waals surface area (Å²) in [5.41, 5.74) is 6.33. The Bertz CT molecular complexity index is 1190. The summed E-state index contributed by atoms with van der Waals surface area (Å²) >= 11 is 0. The number of nitrogens with zero attached hydrogens (tertiary/aromatic N) is 1. The van der Waals surface area contributed by atoms with Crippen LogP contribution in [0.25, 0.3) is 0 Å². The summed E-state index contributed by atoms with van der Waals surface area (Å²) in [7, 11) is 0. The number of rotatable bonds is 13. The fourth-order valence-electron chi connectivity index (χ4n) is 4.24. The van der Waals surface area contributed by atoms with Gasteiger partial charge in [-0.2, -0.15) is 0 Å². The molecule has 0 bridgehead atoms. The topological polar surface area (TPSA) is 133 Å². The molecule has 9 nitrogen and oxygen atoms in total. The lowest BCUT2D eigenvalue weighted by Crippen LogP contribution is -2.57. The van der Waals surface area contributed by atoms with Gasteiger partial charge in [0.15, 0.2) is 11.6 Å². The average molecular weight is 520 g/mol. The Morgan fingerprint density at radius 2 is 1.61 bits per heavy atom. The molecule has 9 heteroatoms. The number of hydrogen-bond donors (Lipinski definition) is 5. The van der Waals surface area contributed by atoms with Crippen LogP contribution in [0.4, 0.5) is 0 Å². The lowest BCUT2D eigenvalue weighted by molar-refractivity contribution is -0.130. The van der Waals surface area contributed by atoms with E-state index in [-0.39, 0.29) is 26.2 Å². The lowest BCUT2D eigenvalue weighted by Gasteiger charge is -2.31. The van der Waals surface area contributed by atoms with Crippen molar-refractivity contribution in [2.24, 2.45) is 4.99 Å². The van der Waals surface area contributed by atoms with E-state index in [1.807, 2.05) is 72.8 Å². The highest BCUT2D eigenvalue weighted by molar-refractivity contribution is 6.01. The molecular formula is C29H33N3O6. The van der Waals surface area contributed by atoms with Crippen molar-refractivity contribution in [3.63, 3.8) is 0 Å². The molecule has 0 spiro atoms. The normalized spacial score (nSPS) is 18.6. The molecule has 3 aromatic carbocycles. The van der Waals surface area contributed by atoms with Crippen molar-refractivity contribution < 1.29 is 29.6 Å². The van der Waals surface area contributed by atoms with Gasteiger partial charge in [-0.3, -0.25) is 10.2 Å². The maximum atomic E-state index is 13.9. The molecule has 38 heavy (non-hydrogen) atoms. The van der Waals surface area contributed by atoms with Gasteiger partial charge in [0.25, 0.3) is 5.91 Å². The summed E-state index contributed by atoms with van der Waals surface area (Å²) in [6, 6.07) is 25.5. The van der Waals surface area contributed by atoms with Crippen molar-refractivity contribution in [1.29, 1.82) is 0 Å². The molecule has 0 aromatic heterocycles. The highest BCUT2D eigenvalue weighted by Gasteiger charge is 2.53. The van der Waals surface area contributed by atoms with Crippen molar-refractivity contribution in [2.45, 2.75) is 30.5 Å². The van der Waals surface area contributed by atoms with E-state index >= 15 is 0 Å². The molecular weight excluding hydrogens is 486 g/mol. The van der Waals surface area contributed by atoms with Gasteiger partial charge in [0.05, 0.1) is 25.9 Å². The zero-order valence-electron chi connectivity index (χ0n) is 21.0. The third-order valence-corrected chi connectivity index (χ3v) is 6.28. The Morgan fingerprint density at radius 3 is 2.24 bits per heavy atom. The second-order valence-electron chi connectivity index (χ2n) is 9.02. The van der Waals surface area contributed by atoms with E-state index in [0.29, 0.717) is 30.2 Å². The molecule has 0 saturated heterocycles. The van der Waals surface area contributed by atoms with Gasteiger partial charge < -0.3 is 24.8 Å². The largest absolute Gasteiger partial charge is 0.494 e. The van der Waals surface area contributed by atoms with Gasteiger partial charge >= 0.3 is 0 Å². The summed E-state index contributed by atoms with van der Waals surface area (Å²) in [4.78, 5) is 18.8. The van der Waals surface area contributed by atoms with Crippen LogP contribution in [0.1, 0.15) is 29.2 Å². The van der Waals surface area contributed by atoms with Crippen LogP contribution >= 0.6 is 0 Å². The fraction of sp³-hybridized carbons (Fsp3) is 0.310. The van der Waals surface area contributed by atoms with E-state index in [4.69, 9.17) is 19.6 Å². The van der Waals surface area contributed by atoms with Gasteiger partial charge in [-0.05, 0) is 35.4 Å². The predicted molar refractivity (Wildman–Crippen MR) is 143 cm³/mol. The number of aliphatic hydroxyl groups is 3. The van der Waals surface area contributed by atoms with Gasteiger partial charge in [0.2, 0.25) is 5.90 Å². The maximum absolute atomic E-state index is 13.9. The van der Waals surface area contributed by atoms with E-state index in [9.17, 15) is 15.0 Å². The minimum atomic E-state index is -1.39. The summed E-state index contributed by atoms with van der Waals surface area (Å²) in [5.74, 6) is 0.505. The first-order chi connectivity index (χ1) is 18.6. The molecule has 1 amide bonds.